The topological polar surface area (TPSA) is 88.5 Å². The molecule has 2 heterocycles. The molecule has 176 valence electrons. The Hall–Kier alpha value is -2.49. The molecule has 1 saturated heterocycles. The Bertz CT molecular complexity index is 1290. The van der Waals surface area contributed by atoms with Crippen molar-refractivity contribution < 1.29 is 13.2 Å². The Kier molecular flexibility index (Phi) is 7.31. The monoisotopic (exact) mass is 487 g/mol. The van der Waals surface area contributed by atoms with E-state index in [1.807, 2.05) is 24.3 Å². The minimum absolute atomic E-state index is 0.148. The van der Waals surface area contributed by atoms with Gasteiger partial charge in [0.2, 0.25) is 15.9 Å². The third-order valence-corrected chi connectivity index (χ3v) is 8.89. The summed E-state index contributed by atoms with van der Waals surface area (Å²) in [6, 6.07) is 12.5. The van der Waals surface area contributed by atoms with E-state index in [4.69, 9.17) is 0 Å². The number of benzene rings is 2. The molecule has 0 radical (unpaired) electrons. The largest absolute Gasteiger partial charge is 0.326 e. The molecule has 1 aliphatic heterocycles. The molecule has 1 aromatic heterocycles. The Labute approximate surface area is 198 Å². The van der Waals surface area contributed by atoms with E-state index in [0.29, 0.717) is 23.3 Å². The average Bonchev–Trinajstić information content (AvgIpc) is 2.96. The van der Waals surface area contributed by atoms with Crippen LogP contribution in [0.5, 0.6) is 0 Å². The molecule has 1 N–H and O–H groups in total. The van der Waals surface area contributed by atoms with E-state index in [0.717, 1.165) is 49.1 Å². The molecular weight excluding hydrogens is 458 g/mol. The highest BCUT2D eigenvalue weighted by atomic mass is 32.2. The maximum atomic E-state index is 13.1. The van der Waals surface area contributed by atoms with Gasteiger partial charge < -0.3 is 5.32 Å². The van der Waals surface area contributed by atoms with Gasteiger partial charge in [0.15, 0.2) is 0 Å². The lowest BCUT2D eigenvalue weighted by atomic mass is 10.1. The second-order valence-electron chi connectivity index (χ2n) is 8.32. The number of fused-ring (bicyclic) bond motifs is 1. The summed E-state index contributed by atoms with van der Waals surface area (Å²) in [6.45, 7) is 3.38. The van der Waals surface area contributed by atoms with Gasteiger partial charge in [-0.25, -0.2) is 8.42 Å². The van der Waals surface area contributed by atoms with Gasteiger partial charge in [-0.15, -0.1) is 0 Å². The Balaban J connectivity index is 1.48. The SMILES string of the molecule is CCc1ccc(NC(=O)CCn2c(=O)sc3cc(S(=O)(=O)N4CCCCCC4)ccc32)cc1. The van der Waals surface area contributed by atoms with Gasteiger partial charge in [0, 0.05) is 31.7 Å². The smallest absolute Gasteiger partial charge is 0.308 e. The minimum atomic E-state index is -3.58. The van der Waals surface area contributed by atoms with E-state index in [2.05, 4.69) is 12.2 Å². The predicted molar refractivity (Wildman–Crippen MR) is 132 cm³/mol. The molecule has 7 nitrogen and oxygen atoms in total. The molecule has 0 spiro atoms. The first-order valence-electron chi connectivity index (χ1n) is 11.4. The number of nitrogens with zero attached hydrogens (tertiary/aromatic N) is 2. The average molecular weight is 488 g/mol. The molecule has 0 unspecified atom stereocenters. The van der Waals surface area contributed by atoms with Gasteiger partial charge in [0.1, 0.15) is 0 Å². The number of carbonyl (C=O) groups is 1. The lowest BCUT2D eigenvalue weighted by Crippen LogP contribution is -2.31. The van der Waals surface area contributed by atoms with E-state index in [-0.39, 0.29) is 28.6 Å². The second kappa shape index (κ2) is 10.2. The van der Waals surface area contributed by atoms with Crippen molar-refractivity contribution in [1.82, 2.24) is 8.87 Å². The predicted octanol–water partition coefficient (Wildman–Crippen LogP) is 4.22. The zero-order valence-corrected chi connectivity index (χ0v) is 20.4. The maximum Gasteiger partial charge on any atom is 0.308 e. The molecule has 1 amide bonds. The molecule has 4 rings (SSSR count). The van der Waals surface area contributed by atoms with Crippen LogP contribution in [0.1, 0.15) is 44.6 Å². The zero-order valence-electron chi connectivity index (χ0n) is 18.7. The fraction of sp³-hybridized carbons (Fsp3) is 0.417. The van der Waals surface area contributed by atoms with Crippen molar-refractivity contribution in [3.63, 3.8) is 0 Å². The van der Waals surface area contributed by atoms with E-state index in [1.165, 1.54) is 5.56 Å². The van der Waals surface area contributed by atoms with Gasteiger partial charge in [-0.3, -0.25) is 14.2 Å². The molecule has 0 saturated carbocycles. The highest BCUT2D eigenvalue weighted by Crippen LogP contribution is 2.26. The molecule has 9 heteroatoms. The zero-order chi connectivity index (χ0) is 23.4. The molecule has 0 bridgehead atoms. The number of hydrogen-bond donors (Lipinski definition) is 1. The first-order chi connectivity index (χ1) is 15.9. The number of aryl methyl sites for hydroxylation is 2. The van der Waals surface area contributed by atoms with Gasteiger partial charge in [-0.2, -0.15) is 4.31 Å². The third-order valence-electron chi connectivity index (χ3n) is 6.05. The standard InChI is InChI=1S/C24H29N3O4S2/c1-2-18-7-9-19(10-8-18)25-23(28)13-16-27-21-12-11-20(17-22(21)32-24(27)29)33(30,31)26-14-5-3-4-6-15-26/h7-12,17H,2-6,13-16H2,1H3,(H,25,28). The fourth-order valence-electron chi connectivity index (χ4n) is 4.11. The number of carbonyl (C=O) groups excluding carboxylic acids is 1. The quantitative estimate of drug-likeness (QED) is 0.540. The summed E-state index contributed by atoms with van der Waals surface area (Å²) < 4.78 is 29.9. The number of amides is 1. The van der Waals surface area contributed by atoms with Crippen LogP contribution in [0.3, 0.4) is 0 Å². The molecule has 1 aliphatic rings. The summed E-state index contributed by atoms with van der Waals surface area (Å²) in [6.07, 6.45) is 4.92. The summed E-state index contributed by atoms with van der Waals surface area (Å²) in [5.74, 6) is -0.175. The molecular formula is C24H29N3O4S2. The molecule has 1 fully saturated rings. The van der Waals surface area contributed by atoms with E-state index in [1.54, 1.807) is 27.1 Å². The van der Waals surface area contributed by atoms with Crippen molar-refractivity contribution in [3.8, 4) is 0 Å². The van der Waals surface area contributed by atoms with Crippen LogP contribution in [0, 0.1) is 0 Å². The molecule has 0 aliphatic carbocycles. The minimum Gasteiger partial charge on any atom is -0.326 e. The lowest BCUT2D eigenvalue weighted by Gasteiger charge is -2.19. The number of sulfonamides is 1. The molecule has 2 aromatic carbocycles. The van der Waals surface area contributed by atoms with Crippen LogP contribution in [0.2, 0.25) is 0 Å². The number of aromatic nitrogens is 1. The van der Waals surface area contributed by atoms with Crippen LogP contribution in [0.15, 0.2) is 52.2 Å². The van der Waals surface area contributed by atoms with Gasteiger partial charge in [-0.05, 0) is 55.2 Å². The van der Waals surface area contributed by atoms with Crippen LogP contribution in [-0.4, -0.2) is 36.3 Å². The van der Waals surface area contributed by atoms with Crippen molar-refractivity contribution in [1.29, 1.82) is 0 Å². The van der Waals surface area contributed by atoms with Crippen LogP contribution in [0.25, 0.3) is 10.2 Å². The highest BCUT2D eigenvalue weighted by molar-refractivity contribution is 7.89. The summed E-state index contributed by atoms with van der Waals surface area (Å²) in [4.78, 5) is 25.0. The number of thiazole rings is 1. The van der Waals surface area contributed by atoms with Gasteiger partial charge in [0.05, 0.1) is 15.1 Å². The summed E-state index contributed by atoms with van der Waals surface area (Å²) in [7, 11) is -3.58. The normalized spacial score (nSPS) is 15.4. The number of anilines is 1. The van der Waals surface area contributed by atoms with Crippen LogP contribution in [-0.2, 0) is 27.8 Å². The van der Waals surface area contributed by atoms with Gasteiger partial charge >= 0.3 is 4.87 Å². The van der Waals surface area contributed by atoms with Crippen molar-refractivity contribution >= 4 is 43.2 Å². The molecule has 0 atom stereocenters. The summed E-state index contributed by atoms with van der Waals surface area (Å²) >= 11 is 1.01. The van der Waals surface area contributed by atoms with Crippen molar-refractivity contribution in [2.45, 2.75) is 56.9 Å². The first kappa shape index (κ1) is 23.7. The van der Waals surface area contributed by atoms with Crippen LogP contribution >= 0.6 is 11.3 Å². The van der Waals surface area contributed by atoms with Gasteiger partial charge in [0.25, 0.3) is 0 Å². The first-order valence-corrected chi connectivity index (χ1v) is 13.7. The Morgan fingerprint density at radius 3 is 2.39 bits per heavy atom. The third kappa shape index (κ3) is 5.37. The lowest BCUT2D eigenvalue weighted by molar-refractivity contribution is -0.116. The highest BCUT2D eigenvalue weighted by Gasteiger charge is 2.26. The van der Waals surface area contributed by atoms with E-state index in [9.17, 15) is 18.0 Å². The van der Waals surface area contributed by atoms with E-state index >= 15 is 0 Å². The molecule has 33 heavy (non-hydrogen) atoms. The van der Waals surface area contributed by atoms with Crippen molar-refractivity contribution in [3.05, 3.63) is 57.7 Å². The Morgan fingerprint density at radius 2 is 1.73 bits per heavy atom. The molecule has 3 aromatic rings. The number of nitrogens with one attached hydrogen (secondary N) is 1. The second-order valence-corrected chi connectivity index (χ2v) is 11.2. The van der Waals surface area contributed by atoms with Gasteiger partial charge in [-0.1, -0.05) is 43.2 Å². The van der Waals surface area contributed by atoms with Crippen LogP contribution in [0.4, 0.5) is 5.69 Å². The van der Waals surface area contributed by atoms with Crippen molar-refractivity contribution in [2.75, 3.05) is 18.4 Å². The summed E-state index contributed by atoms with van der Waals surface area (Å²) in [5.41, 5.74) is 2.57. The number of hydrogen-bond acceptors (Lipinski definition) is 5. The Morgan fingerprint density at radius 1 is 1.03 bits per heavy atom. The maximum absolute atomic E-state index is 13.1. The summed E-state index contributed by atoms with van der Waals surface area (Å²) in [5, 5.41) is 2.86. The van der Waals surface area contributed by atoms with Crippen molar-refractivity contribution in [2.24, 2.45) is 0 Å². The van der Waals surface area contributed by atoms with Crippen LogP contribution < -0.4 is 10.2 Å². The fourth-order valence-corrected chi connectivity index (χ4v) is 6.69. The number of rotatable bonds is 7. The van der Waals surface area contributed by atoms with E-state index < -0.39 is 10.0 Å².